The van der Waals surface area contributed by atoms with E-state index in [4.69, 9.17) is 4.74 Å². The highest BCUT2D eigenvalue weighted by Gasteiger charge is 2.21. The van der Waals surface area contributed by atoms with E-state index in [9.17, 15) is 4.79 Å². The zero-order valence-corrected chi connectivity index (χ0v) is 17.3. The molecule has 0 saturated carbocycles. The molecule has 9 heteroatoms. The number of aromatic amines is 1. The van der Waals surface area contributed by atoms with Gasteiger partial charge in [0.2, 0.25) is 0 Å². The maximum absolute atomic E-state index is 15.0. The second-order valence-corrected chi connectivity index (χ2v) is 7.13. The summed E-state index contributed by atoms with van der Waals surface area (Å²) in [7, 11) is 3.33. The zero-order valence-electron chi connectivity index (χ0n) is 17.3. The van der Waals surface area contributed by atoms with Gasteiger partial charge in [-0.1, -0.05) is 12.1 Å². The van der Waals surface area contributed by atoms with Crippen molar-refractivity contribution in [1.29, 1.82) is 0 Å². The van der Waals surface area contributed by atoms with Crippen LogP contribution in [0, 0.1) is 11.6 Å². The van der Waals surface area contributed by atoms with Crippen LogP contribution in [-0.2, 0) is 18.3 Å². The minimum absolute atomic E-state index is 0.0169. The predicted octanol–water partition coefficient (Wildman–Crippen LogP) is 4.05. The third-order valence-corrected chi connectivity index (χ3v) is 4.96. The summed E-state index contributed by atoms with van der Waals surface area (Å²) < 4.78 is 36.7. The Morgan fingerprint density at radius 3 is 2.71 bits per heavy atom. The molecule has 1 N–H and O–H groups in total. The number of ether oxygens (including phenoxy) is 1. The van der Waals surface area contributed by atoms with E-state index in [0.717, 1.165) is 10.9 Å². The lowest BCUT2D eigenvalue weighted by atomic mass is 10.0. The van der Waals surface area contributed by atoms with Crippen molar-refractivity contribution in [3.05, 3.63) is 65.9 Å². The molecule has 0 fully saturated rings. The Hall–Kier alpha value is -3.75. The first-order valence-electron chi connectivity index (χ1n) is 9.71. The molecule has 160 valence electrons. The average molecular weight is 425 g/mol. The van der Waals surface area contributed by atoms with Gasteiger partial charge in [-0.3, -0.25) is 4.68 Å². The largest absolute Gasteiger partial charge is 0.461 e. The summed E-state index contributed by atoms with van der Waals surface area (Å²) in [6, 6.07) is 8.05. The lowest BCUT2D eigenvalue weighted by Gasteiger charge is -2.21. The number of hydrogen-bond acceptors (Lipinski definition) is 5. The lowest BCUT2D eigenvalue weighted by molar-refractivity contribution is 0.0519. The van der Waals surface area contributed by atoms with Crippen LogP contribution in [0.5, 0.6) is 0 Å². The number of nitrogens with zero attached hydrogens (tertiary/aromatic N) is 4. The molecule has 0 saturated heterocycles. The number of H-pyrrole nitrogens is 1. The van der Waals surface area contributed by atoms with Crippen LogP contribution < -0.4 is 4.90 Å². The summed E-state index contributed by atoms with van der Waals surface area (Å²) in [5.74, 6) is -2.00. The Labute approximate surface area is 177 Å². The fourth-order valence-electron chi connectivity index (χ4n) is 3.63. The molecule has 0 aliphatic carbocycles. The topological polar surface area (TPSA) is 76.0 Å². The molecule has 4 aromatic rings. The number of imidazole rings is 1. The Morgan fingerprint density at radius 1 is 1.26 bits per heavy atom. The molecule has 0 unspecified atom stereocenters. The number of hydrogen-bond donors (Lipinski definition) is 1. The standard InChI is InChI=1S/C22H21F2N5O2/c1-4-31-22(30)20-19(25-12-26-20)11-28(2)21-16(23)8-13(9-17(21)24)14-6-5-7-18-15(14)10-29(3)27-18/h5-10,12H,4,11H2,1-3H3,(H,25,26). The number of esters is 1. The summed E-state index contributed by atoms with van der Waals surface area (Å²) in [5.41, 5.74) is 2.14. The maximum Gasteiger partial charge on any atom is 0.356 e. The van der Waals surface area contributed by atoms with Gasteiger partial charge in [-0.05, 0) is 36.2 Å². The van der Waals surface area contributed by atoms with Crippen LogP contribution in [0.4, 0.5) is 14.5 Å². The van der Waals surface area contributed by atoms with E-state index < -0.39 is 17.6 Å². The van der Waals surface area contributed by atoms with Gasteiger partial charge in [0.05, 0.1) is 30.7 Å². The number of anilines is 1. The van der Waals surface area contributed by atoms with Gasteiger partial charge < -0.3 is 14.6 Å². The minimum atomic E-state index is -0.716. The van der Waals surface area contributed by atoms with Crippen LogP contribution in [0.3, 0.4) is 0 Å². The first kappa shape index (κ1) is 20.5. The van der Waals surface area contributed by atoms with Crippen molar-refractivity contribution in [3.8, 4) is 11.1 Å². The first-order chi connectivity index (χ1) is 14.9. The van der Waals surface area contributed by atoms with Gasteiger partial charge >= 0.3 is 5.97 Å². The summed E-state index contributed by atoms with van der Waals surface area (Å²) in [5, 5.41) is 5.15. The number of aryl methyl sites for hydroxylation is 1. The summed E-state index contributed by atoms with van der Waals surface area (Å²) in [6.07, 6.45) is 3.16. The molecule has 2 aromatic heterocycles. The van der Waals surface area contributed by atoms with Gasteiger partial charge in [-0.25, -0.2) is 18.6 Å². The van der Waals surface area contributed by atoms with Crippen molar-refractivity contribution < 1.29 is 18.3 Å². The smallest absolute Gasteiger partial charge is 0.356 e. The van der Waals surface area contributed by atoms with E-state index in [0.29, 0.717) is 16.8 Å². The number of rotatable bonds is 6. The number of carbonyl (C=O) groups is 1. The molecular weight excluding hydrogens is 404 g/mol. The molecule has 0 atom stereocenters. The number of fused-ring (bicyclic) bond motifs is 1. The third kappa shape index (κ3) is 3.86. The van der Waals surface area contributed by atoms with Crippen molar-refractivity contribution in [2.24, 2.45) is 7.05 Å². The fourth-order valence-corrected chi connectivity index (χ4v) is 3.63. The summed E-state index contributed by atoms with van der Waals surface area (Å²) in [4.78, 5) is 20.2. The van der Waals surface area contributed by atoms with Crippen molar-refractivity contribution in [1.82, 2.24) is 19.7 Å². The molecule has 2 aromatic carbocycles. The molecule has 0 bridgehead atoms. The van der Waals surface area contributed by atoms with Crippen LogP contribution in [0.1, 0.15) is 23.1 Å². The van der Waals surface area contributed by atoms with Crippen LogP contribution in [0.25, 0.3) is 22.0 Å². The Balaban J connectivity index is 1.67. The highest BCUT2D eigenvalue weighted by molar-refractivity contribution is 5.94. The van der Waals surface area contributed by atoms with Gasteiger partial charge in [0, 0.05) is 25.7 Å². The normalized spacial score (nSPS) is 11.1. The molecule has 2 heterocycles. The fraction of sp³-hybridized carbons (Fsp3) is 0.227. The Kier molecular flexibility index (Phi) is 5.41. The van der Waals surface area contributed by atoms with E-state index >= 15 is 8.78 Å². The highest BCUT2D eigenvalue weighted by atomic mass is 19.1. The van der Waals surface area contributed by atoms with E-state index in [2.05, 4.69) is 15.1 Å². The zero-order chi connectivity index (χ0) is 22.1. The molecule has 0 aliphatic heterocycles. The highest BCUT2D eigenvalue weighted by Crippen LogP contribution is 2.33. The van der Waals surface area contributed by atoms with Crippen LogP contribution in [0.15, 0.2) is 42.9 Å². The molecule has 0 radical (unpaired) electrons. The van der Waals surface area contributed by atoms with Crippen molar-refractivity contribution in [3.63, 3.8) is 0 Å². The van der Waals surface area contributed by atoms with Crippen molar-refractivity contribution >= 4 is 22.6 Å². The Bertz CT molecular complexity index is 1240. The number of carbonyl (C=O) groups excluding carboxylic acids is 1. The minimum Gasteiger partial charge on any atom is -0.461 e. The molecule has 7 nitrogen and oxygen atoms in total. The lowest BCUT2D eigenvalue weighted by Crippen LogP contribution is -2.21. The summed E-state index contributed by atoms with van der Waals surface area (Å²) >= 11 is 0. The summed E-state index contributed by atoms with van der Waals surface area (Å²) in [6.45, 7) is 1.92. The molecule has 4 rings (SSSR count). The number of nitrogens with one attached hydrogen (secondary N) is 1. The van der Waals surface area contributed by atoms with Gasteiger partial charge in [0.25, 0.3) is 0 Å². The molecular formula is C22H21F2N5O2. The third-order valence-electron chi connectivity index (χ3n) is 4.96. The van der Waals surface area contributed by atoms with E-state index in [-0.39, 0.29) is 24.5 Å². The number of halogens is 2. The first-order valence-corrected chi connectivity index (χ1v) is 9.71. The SMILES string of the molecule is CCOC(=O)c1[nH]cnc1CN(C)c1c(F)cc(-c2cccc3nn(C)cc23)cc1F. The van der Waals surface area contributed by atoms with Gasteiger partial charge in [-0.2, -0.15) is 5.10 Å². The Morgan fingerprint density at radius 2 is 2.00 bits per heavy atom. The molecule has 0 aliphatic rings. The maximum atomic E-state index is 15.0. The number of aromatic nitrogens is 4. The van der Waals surface area contributed by atoms with Gasteiger partial charge in [0.1, 0.15) is 23.0 Å². The molecule has 31 heavy (non-hydrogen) atoms. The van der Waals surface area contributed by atoms with E-state index in [1.165, 1.54) is 30.4 Å². The van der Waals surface area contributed by atoms with Crippen LogP contribution in [-0.4, -0.2) is 39.4 Å². The molecule has 0 amide bonds. The van der Waals surface area contributed by atoms with E-state index in [1.54, 1.807) is 30.8 Å². The van der Waals surface area contributed by atoms with Gasteiger partial charge in [-0.15, -0.1) is 0 Å². The number of benzene rings is 2. The van der Waals surface area contributed by atoms with Crippen LogP contribution >= 0.6 is 0 Å². The molecule has 0 spiro atoms. The quantitative estimate of drug-likeness (QED) is 0.472. The van der Waals surface area contributed by atoms with Crippen molar-refractivity contribution in [2.75, 3.05) is 18.6 Å². The van der Waals surface area contributed by atoms with Crippen molar-refractivity contribution in [2.45, 2.75) is 13.5 Å². The predicted molar refractivity (Wildman–Crippen MR) is 113 cm³/mol. The van der Waals surface area contributed by atoms with Crippen LogP contribution in [0.2, 0.25) is 0 Å². The monoisotopic (exact) mass is 425 g/mol. The van der Waals surface area contributed by atoms with Gasteiger partial charge in [0.15, 0.2) is 0 Å². The van der Waals surface area contributed by atoms with E-state index in [1.807, 2.05) is 12.3 Å². The second-order valence-electron chi connectivity index (χ2n) is 7.13. The average Bonchev–Trinajstić information content (AvgIpc) is 3.32. The second kappa shape index (κ2) is 8.17.